The first kappa shape index (κ1) is 13.6. The topological polar surface area (TPSA) is 66.0 Å². The van der Waals surface area contributed by atoms with Gasteiger partial charge in [-0.1, -0.05) is 16.8 Å². The number of aryl methyl sites for hydroxylation is 1. The second kappa shape index (κ2) is 5.57. The Morgan fingerprint density at radius 1 is 1.38 bits per heavy atom. The lowest BCUT2D eigenvalue weighted by Gasteiger charge is -2.04. The molecular weight excluding hydrogens is 292 g/mol. The monoisotopic (exact) mass is 304 g/mol. The standard InChI is InChI=1S/C14H13ClN4O2/c1-3-19-8-9(7-16-19)14-17-13(18-21-14)11-6-10(15)4-5-12(11)20-2/h4-8H,3H2,1-2H3. The first-order chi connectivity index (χ1) is 10.2. The molecule has 0 radical (unpaired) electrons. The maximum Gasteiger partial charge on any atom is 0.261 e. The van der Waals surface area contributed by atoms with Crippen LogP contribution in [0, 0.1) is 0 Å². The minimum atomic E-state index is 0.409. The third-order valence-electron chi connectivity index (χ3n) is 3.03. The predicted molar refractivity (Wildman–Crippen MR) is 78.2 cm³/mol. The van der Waals surface area contributed by atoms with Gasteiger partial charge in [-0.25, -0.2) is 0 Å². The summed E-state index contributed by atoms with van der Waals surface area (Å²) in [6.07, 6.45) is 3.54. The molecule has 1 aromatic carbocycles. The first-order valence-electron chi connectivity index (χ1n) is 6.41. The fourth-order valence-electron chi connectivity index (χ4n) is 1.95. The van der Waals surface area contributed by atoms with Gasteiger partial charge in [0.25, 0.3) is 5.89 Å². The van der Waals surface area contributed by atoms with E-state index in [2.05, 4.69) is 15.2 Å². The number of ether oxygens (including phenoxy) is 1. The highest BCUT2D eigenvalue weighted by atomic mass is 35.5. The molecule has 3 rings (SSSR count). The van der Waals surface area contributed by atoms with Crippen LogP contribution in [0.25, 0.3) is 22.8 Å². The van der Waals surface area contributed by atoms with Gasteiger partial charge in [0, 0.05) is 17.8 Å². The van der Waals surface area contributed by atoms with Gasteiger partial charge in [-0.3, -0.25) is 4.68 Å². The zero-order valence-electron chi connectivity index (χ0n) is 11.6. The molecule has 0 N–H and O–H groups in total. The van der Waals surface area contributed by atoms with Crippen molar-refractivity contribution in [3.63, 3.8) is 0 Å². The lowest BCUT2D eigenvalue weighted by molar-refractivity contribution is 0.413. The van der Waals surface area contributed by atoms with E-state index in [1.807, 2.05) is 13.1 Å². The van der Waals surface area contributed by atoms with Crippen molar-refractivity contribution in [3.05, 3.63) is 35.6 Å². The van der Waals surface area contributed by atoms with E-state index in [1.54, 1.807) is 36.2 Å². The van der Waals surface area contributed by atoms with E-state index >= 15 is 0 Å². The average molecular weight is 305 g/mol. The molecule has 0 saturated carbocycles. The molecule has 0 aliphatic carbocycles. The molecule has 0 atom stereocenters. The van der Waals surface area contributed by atoms with Crippen LogP contribution in [0.15, 0.2) is 35.1 Å². The van der Waals surface area contributed by atoms with Crippen molar-refractivity contribution >= 4 is 11.6 Å². The fourth-order valence-corrected chi connectivity index (χ4v) is 2.12. The van der Waals surface area contributed by atoms with E-state index in [4.69, 9.17) is 20.9 Å². The van der Waals surface area contributed by atoms with Gasteiger partial charge in [0.05, 0.1) is 24.4 Å². The highest BCUT2D eigenvalue weighted by Gasteiger charge is 2.16. The summed E-state index contributed by atoms with van der Waals surface area (Å²) in [4.78, 5) is 4.38. The Bertz CT molecular complexity index is 766. The zero-order chi connectivity index (χ0) is 14.8. The third-order valence-corrected chi connectivity index (χ3v) is 3.27. The lowest BCUT2D eigenvalue weighted by atomic mass is 10.2. The van der Waals surface area contributed by atoms with Crippen molar-refractivity contribution in [1.29, 1.82) is 0 Å². The number of methoxy groups -OCH3 is 1. The summed E-state index contributed by atoms with van der Waals surface area (Å²) in [5, 5.41) is 8.75. The molecule has 108 valence electrons. The van der Waals surface area contributed by atoms with Crippen molar-refractivity contribution in [2.24, 2.45) is 0 Å². The third kappa shape index (κ3) is 2.62. The molecule has 6 nitrogen and oxygen atoms in total. The van der Waals surface area contributed by atoms with Gasteiger partial charge in [-0.15, -0.1) is 0 Å². The van der Waals surface area contributed by atoms with E-state index in [1.165, 1.54) is 0 Å². The zero-order valence-corrected chi connectivity index (χ0v) is 12.3. The molecule has 2 aromatic heterocycles. The molecule has 2 heterocycles. The number of hydrogen-bond acceptors (Lipinski definition) is 5. The van der Waals surface area contributed by atoms with Crippen molar-refractivity contribution in [2.75, 3.05) is 7.11 Å². The molecule has 0 amide bonds. The molecule has 0 aliphatic heterocycles. The molecule has 0 fully saturated rings. The molecule has 0 unspecified atom stereocenters. The van der Waals surface area contributed by atoms with Gasteiger partial charge in [-0.05, 0) is 25.1 Å². The summed E-state index contributed by atoms with van der Waals surface area (Å²) >= 11 is 6.01. The number of aromatic nitrogens is 4. The molecule has 0 aliphatic rings. The van der Waals surface area contributed by atoms with Crippen LogP contribution in [-0.2, 0) is 6.54 Å². The number of nitrogens with zero attached hydrogens (tertiary/aromatic N) is 4. The summed E-state index contributed by atoms with van der Waals surface area (Å²) in [5.41, 5.74) is 1.46. The van der Waals surface area contributed by atoms with Crippen LogP contribution < -0.4 is 4.74 Å². The summed E-state index contributed by atoms with van der Waals surface area (Å²) in [6.45, 7) is 2.79. The summed E-state index contributed by atoms with van der Waals surface area (Å²) in [5.74, 6) is 1.47. The Kier molecular flexibility index (Phi) is 3.62. The largest absolute Gasteiger partial charge is 0.496 e. The van der Waals surface area contributed by atoms with Crippen LogP contribution in [0.3, 0.4) is 0 Å². The Balaban J connectivity index is 2.00. The van der Waals surface area contributed by atoms with Crippen LogP contribution in [0.1, 0.15) is 6.92 Å². The Morgan fingerprint density at radius 3 is 2.95 bits per heavy atom. The smallest absolute Gasteiger partial charge is 0.261 e. The van der Waals surface area contributed by atoms with E-state index in [-0.39, 0.29) is 0 Å². The minimum Gasteiger partial charge on any atom is -0.496 e. The SMILES string of the molecule is CCn1cc(-c2nc(-c3cc(Cl)ccc3OC)no2)cn1. The molecule has 0 bridgehead atoms. The Labute approximate surface area is 126 Å². The molecule has 0 saturated heterocycles. The van der Waals surface area contributed by atoms with Gasteiger partial charge in [0.2, 0.25) is 5.82 Å². The van der Waals surface area contributed by atoms with Crippen molar-refractivity contribution in [1.82, 2.24) is 19.9 Å². The van der Waals surface area contributed by atoms with E-state index in [0.29, 0.717) is 28.1 Å². The van der Waals surface area contributed by atoms with Gasteiger partial charge in [-0.2, -0.15) is 10.1 Å². The van der Waals surface area contributed by atoms with Crippen LogP contribution in [0.5, 0.6) is 5.75 Å². The van der Waals surface area contributed by atoms with Gasteiger partial charge < -0.3 is 9.26 Å². The second-order valence-electron chi connectivity index (χ2n) is 4.35. The van der Waals surface area contributed by atoms with Crippen LogP contribution in [-0.4, -0.2) is 27.0 Å². The minimum absolute atomic E-state index is 0.409. The molecule has 3 aromatic rings. The first-order valence-corrected chi connectivity index (χ1v) is 6.79. The number of benzene rings is 1. The summed E-state index contributed by atoms with van der Waals surface area (Å²) in [7, 11) is 1.58. The van der Waals surface area contributed by atoms with E-state index in [0.717, 1.165) is 12.1 Å². The maximum atomic E-state index is 6.01. The van der Waals surface area contributed by atoms with Crippen molar-refractivity contribution in [2.45, 2.75) is 13.5 Å². The highest BCUT2D eigenvalue weighted by Crippen LogP contribution is 2.31. The van der Waals surface area contributed by atoms with Crippen molar-refractivity contribution < 1.29 is 9.26 Å². The lowest BCUT2D eigenvalue weighted by Crippen LogP contribution is -1.92. The molecule has 21 heavy (non-hydrogen) atoms. The summed E-state index contributed by atoms with van der Waals surface area (Å²) in [6, 6.07) is 5.25. The second-order valence-corrected chi connectivity index (χ2v) is 4.79. The van der Waals surface area contributed by atoms with Crippen LogP contribution in [0.4, 0.5) is 0 Å². The average Bonchev–Trinajstić information content (AvgIpc) is 3.16. The predicted octanol–water partition coefficient (Wildman–Crippen LogP) is 3.28. The number of hydrogen-bond donors (Lipinski definition) is 0. The number of halogens is 1. The fraction of sp³-hybridized carbons (Fsp3) is 0.214. The molecule has 0 spiro atoms. The maximum absolute atomic E-state index is 6.01. The van der Waals surface area contributed by atoms with E-state index in [9.17, 15) is 0 Å². The molecular formula is C14H13ClN4O2. The van der Waals surface area contributed by atoms with Crippen LogP contribution in [0.2, 0.25) is 5.02 Å². The van der Waals surface area contributed by atoms with Gasteiger partial charge in [0.15, 0.2) is 0 Å². The normalized spacial score (nSPS) is 10.8. The molecule has 7 heteroatoms. The quantitative estimate of drug-likeness (QED) is 0.740. The summed E-state index contributed by atoms with van der Waals surface area (Å²) < 4.78 is 12.4. The van der Waals surface area contributed by atoms with Gasteiger partial charge in [0.1, 0.15) is 5.75 Å². The highest BCUT2D eigenvalue weighted by molar-refractivity contribution is 6.30. The van der Waals surface area contributed by atoms with Crippen molar-refractivity contribution in [3.8, 4) is 28.6 Å². The Morgan fingerprint density at radius 2 is 2.24 bits per heavy atom. The Hall–Kier alpha value is -2.34. The number of rotatable bonds is 4. The van der Waals surface area contributed by atoms with Crippen LogP contribution >= 0.6 is 11.6 Å². The van der Waals surface area contributed by atoms with Gasteiger partial charge >= 0.3 is 0 Å². The van der Waals surface area contributed by atoms with E-state index < -0.39 is 0 Å².